The normalized spacial score (nSPS) is 10.4. The summed E-state index contributed by atoms with van der Waals surface area (Å²) in [6.45, 7) is 2.39. The quantitative estimate of drug-likeness (QED) is 0.828. The number of carbonyl (C=O) groups is 1. The molecule has 0 radical (unpaired) electrons. The smallest absolute Gasteiger partial charge is 0.413 e. The lowest BCUT2D eigenvalue weighted by Gasteiger charge is -2.02. The van der Waals surface area contributed by atoms with Crippen LogP contribution in [-0.4, -0.2) is 22.9 Å². The Labute approximate surface area is 126 Å². The van der Waals surface area contributed by atoms with Gasteiger partial charge in [-0.25, -0.2) is 9.18 Å². The SMILES string of the molecule is CCCCOC(=O)Nc1nnc(Cc2ccccc2F)s1. The lowest BCUT2D eigenvalue weighted by atomic mass is 10.1. The minimum Gasteiger partial charge on any atom is -0.449 e. The van der Waals surface area contributed by atoms with Crippen molar-refractivity contribution in [2.45, 2.75) is 26.2 Å². The molecule has 0 aliphatic rings. The summed E-state index contributed by atoms with van der Waals surface area (Å²) in [6.07, 6.45) is 1.58. The molecule has 112 valence electrons. The summed E-state index contributed by atoms with van der Waals surface area (Å²) in [5.41, 5.74) is 0.547. The molecule has 0 saturated carbocycles. The van der Waals surface area contributed by atoms with Crippen molar-refractivity contribution >= 4 is 22.6 Å². The van der Waals surface area contributed by atoms with Gasteiger partial charge in [0.15, 0.2) is 0 Å². The fourth-order valence-electron chi connectivity index (χ4n) is 1.61. The number of rotatable bonds is 6. The van der Waals surface area contributed by atoms with Gasteiger partial charge in [-0.15, -0.1) is 10.2 Å². The molecule has 0 aliphatic carbocycles. The first-order valence-corrected chi connectivity index (χ1v) is 7.50. The van der Waals surface area contributed by atoms with Gasteiger partial charge in [0.2, 0.25) is 5.13 Å². The second-order valence-electron chi connectivity index (χ2n) is 4.38. The third-order valence-electron chi connectivity index (χ3n) is 2.71. The van der Waals surface area contributed by atoms with Gasteiger partial charge in [0.1, 0.15) is 10.8 Å². The van der Waals surface area contributed by atoms with Crippen molar-refractivity contribution in [2.75, 3.05) is 11.9 Å². The van der Waals surface area contributed by atoms with E-state index in [0.29, 0.717) is 28.7 Å². The molecule has 21 heavy (non-hydrogen) atoms. The van der Waals surface area contributed by atoms with E-state index in [9.17, 15) is 9.18 Å². The van der Waals surface area contributed by atoms with Crippen LogP contribution >= 0.6 is 11.3 Å². The third-order valence-corrected chi connectivity index (χ3v) is 3.55. The largest absolute Gasteiger partial charge is 0.449 e. The van der Waals surface area contributed by atoms with Gasteiger partial charge in [0, 0.05) is 6.42 Å². The van der Waals surface area contributed by atoms with Crippen LogP contribution < -0.4 is 5.32 Å². The van der Waals surface area contributed by atoms with Gasteiger partial charge in [0.25, 0.3) is 0 Å². The Morgan fingerprint density at radius 1 is 1.38 bits per heavy atom. The van der Waals surface area contributed by atoms with E-state index in [0.717, 1.165) is 12.8 Å². The van der Waals surface area contributed by atoms with Crippen LogP contribution in [-0.2, 0) is 11.2 Å². The highest BCUT2D eigenvalue weighted by molar-refractivity contribution is 7.15. The molecule has 0 fully saturated rings. The molecule has 0 aliphatic heterocycles. The molecule has 0 unspecified atom stereocenters. The number of benzene rings is 1. The number of hydrogen-bond donors (Lipinski definition) is 1. The van der Waals surface area contributed by atoms with Gasteiger partial charge in [-0.1, -0.05) is 42.9 Å². The summed E-state index contributed by atoms with van der Waals surface area (Å²) < 4.78 is 18.5. The summed E-state index contributed by atoms with van der Waals surface area (Å²) >= 11 is 1.20. The molecule has 1 heterocycles. The van der Waals surface area contributed by atoms with Gasteiger partial charge >= 0.3 is 6.09 Å². The first-order valence-electron chi connectivity index (χ1n) is 6.68. The van der Waals surface area contributed by atoms with Crippen molar-refractivity contribution < 1.29 is 13.9 Å². The van der Waals surface area contributed by atoms with Crippen LogP contribution in [0.15, 0.2) is 24.3 Å². The van der Waals surface area contributed by atoms with Crippen molar-refractivity contribution in [1.82, 2.24) is 10.2 Å². The molecule has 1 aromatic heterocycles. The van der Waals surface area contributed by atoms with Crippen molar-refractivity contribution in [3.63, 3.8) is 0 Å². The molecule has 5 nitrogen and oxygen atoms in total. The second kappa shape index (κ2) is 7.68. The van der Waals surface area contributed by atoms with Gasteiger partial charge in [-0.3, -0.25) is 5.32 Å². The van der Waals surface area contributed by atoms with E-state index in [1.165, 1.54) is 17.4 Å². The summed E-state index contributed by atoms with van der Waals surface area (Å²) in [5.74, 6) is -0.277. The molecule has 2 aromatic rings. The Bertz CT molecular complexity index is 603. The van der Waals surface area contributed by atoms with Gasteiger partial charge < -0.3 is 4.74 Å². The number of amides is 1. The zero-order valence-corrected chi connectivity index (χ0v) is 12.5. The highest BCUT2D eigenvalue weighted by atomic mass is 32.1. The topological polar surface area (TPSA) is 64.1 Å². The van der Waals surface area contributed by atoms with E-state index in [-0.39, 0.29) is 5.82 Å². The van der Waals surface area contributed by atoms with E-state index in [4.69, 9.17) is 4.74 Å². The van der Waals surface area contributed by atoms with Crippen molar-refractivity contribution in [1.29, 1.82) is 0 Å². The Balaban J connectivity index is 1.89. The summed E-state index contributed by atoms with van der Waals surface area (Å²) in [6, 6.07) is 6.51. The Hall–Kier alpha value is -2.02. The van der Waals surface area contributed by atoms with E-state index in [2.05, 4.69) is 15.5 Å². The molecular formula is C14H16FN3O2S. The van der Waals surface area contributed by atoms with Gasteiger partial charge in [-0.05, 0) is 18.1 Å². The fraction of sp³-hybridized carbons (Fsp3) is 0.357. The third kappa shape index (κ3) is 4.78. The monoisotopic (exact) mass is 309 g/mol. The minimum atomic E-state index is -0.544. The maximum Gasteiger partial charge on any atom is 0.413 e. The molecule has 1 aromatic carbocycles. The number of unbranched alkanes of at least 4 members (excludes halogenated alkanes) is 1. The summed E-state index contributed by atoms with van der Waals surface area (Å²) in [7, 11) is 0. The van der Waals surface area contributed by atoms with E-state index in [1.54, 1.807) is 18.2 Å². The van der Waals surface area contributed by atoms with Gasteiger partial charge in [0.05, 0.1) is 6.61 Å². The highest BCUT2D eigenvalue weighted by Crippen LogP contribution is 2.20. The first-order chi connectivity index (χ1) is 10.2. The molecule has 1 N–H and O–H groups in total. The van der Waals surface area contributed by atoms with Crippen LogP contribution in [0, 0.1) is 5.82 Å². The lowest BCUT2D eigenvalue weighted by Crippen LogP contribution is -2.14. The van der Waals surface area contributed by atoms with E-state index in [1.807, 2.05) is 6.92 Å². The average molecular weight is 309 g/mol. The van der Waals surface area contributed by atoms with Crippen LogP contribution in [0.1, 0.15) is 30.3 Å². The fourth-order valence-corrected chi connectivity index (χ4v) is 2.36. The first kappa shape index (κ1) is 15.4. The van der Waals surface area contributed by atoms with Crippen LogP contribution in [0.25, 0.3) is 0 Å². The molecule has 0 spiro atoms. The van der Waals surface area contributed by atoms with Gasteiger partial charge in [-0.2, -0.15) is 0 Å². The summed E-state index contributed by atoms with van der Waals surface area (Å²) in [4.78, 5) is 11.5. The molecule has 0 atom stereocenters. The molecule has 2 rings (SSSR count). The predicted molar refractivity (Wildman–Crippen MR) is 79.0 cm³/mol. The van der Waals surface area contributed by atoms with Crippen molar-refractivity contribution in [3.05, 3.63) is 40.7 Å². The highest BCUT2D eigenvalue weighted by Gasteiger charge is 2.10. The van der Waals surface area contributed by atoms with Crippen LogP contribution in [0.5, 0.6) is 0 Å². The van der Waals surface area contributed by atoms with Crippen LogP contribution in [0.2, 0.25) is 0 Å². The van der Waals surface area contributed by atoms with E-state index >= 15 is 0 Å². The van der Waals surface area contributed by atoms with Crippen molar-refractivity contribution in [3.8, 4) is 0 Å². The maximum atomic E-state index is 13.5. The number of aromatic nitrogens is 2. The number of hydrogen-bond acceptors (Lipinski definition) is 5. The van der Waals surface area contributed by atoms with Crippen LogP contribution in [0.4, 0.5) is 14.3 Å². The minimum absolute atomic E-state index is 0.277. The zero-order valence-electron chi connectivity index (χ0n) is 11.6. The number of halogens is 1. The maximum absolute atomic E-state index is 13.5. The van der Waals surface area contributed by atoms with Crippen molar-refractivity contribution in [2.24, 2.45) is 0 Å². The Morgan fingerprint density at radius 3 is 2.95 bits per heavy atom. The number of carbonyl (C=O) groups excluding carboxylic acids is 1. The van der Waals surface area contributed by atoms with Crippen LogP contribution in [0.3, 0.4) is 0 Å². The molecule has 1 amide bonds. The average Bonchev–Trinajstić information content (AvgIpc) is 2.89. The molecule has 0 bridgehead atoms. The molecule has 0 saturated heterocycles. The molecule has 7 heteroatoms. The number of anilines is 1. The Morgan fingerprint density at radius 2 is 2.19 bits per heavy atom. The zero-order chi connectivity index (χ0) is 15.1. The van der Waals surface area contributed by atoms with E-state index < -0.39 is 6.09 Å². The number of nitrogens with one attached hydrogen (secondary N) is 1. The standard InChI is InChI=1S/C14H16FN3O2S/c1-2-3-8-20-14(19)16-13-18-17-12(21-13)9-10-6-4-5-7-11(10)15/h4-7H,2-3,8-9H2,1H3,(H,16,18,19). The second-order valence-corrected chi connectivity index (χ2v) is 5.45. The number of ether oxygens (including phenoxy) is 1. The Kier molecular flexibility index (Phi) is 5.62. The summed E-state index contributed by atoms with van der Waals surface area (Å²) in [5, 5.41) is 11.3. The molecular weight excluding hydrogens is 293 g/mol. The lowest BCUT2D eigenvalue weighted by molar-refractivity contribution is 0.160. The number of nitrogens with zero attached hydrogens (tertiary/aromatic N) is 2. The predicted octanol–water partition coefficient (Wildman–Crippen LogP) is 3.62.